The minimum Gasteiger partial charge on any atom is -0.496 e. The molecule has 0 saturated carbocycles. The third kappa shape index (κ3) is 1.74. The summed E-state index contributed by atoms with van der Waals surface area (Å²) in [5.41, 5.74) is 7.55. The van der Waals surface area contributed by atoms with Gasteiger partial charge < -0.3 is 15.0 Å². The van der Waals surface area contributed by atoms with Gasteiger partial charge in [-0.2, -0.15) is 0 Å². The van der Waals surface area contributed by atoms with Crippen LogP contribution in [0.1, 0.15) is 12.5 Å². The lowest BCUT2D eigenvalue weighted by molar-refractivity contribution is 0.403. The van der Waals surface area contributed by atoms with Crippen molar-refractivity contribution < 1.29 is 9.26 Å². The molecule has 4 heteroatoms. The van der Waals surface area contributed by atoms with Crippen LogP contribution in [-0.2, 0) is 6.42 Å². The van der Waals surface area contributed by atoms with Gasteiger partial charge in [0.2, 0.25) is 0 Å². The van der Waals surface area contributed by atoms with Gasteiger partial charge >= 0.3 is 0 Å². The van der Waals surface area contributed by atoms with Crippen LogP contribution >= 0.6 is 0 Å². The molecule has 2 rings (SSSR count). The van der Waals surface area contributed by atoms with Crippen molar-refractivity contribution in [1.29, 1.82) is 0 Å². The topological polar surface area (TPSA) is 61.3 Å². The molecule has 2 aromatic rings. The second-order valence-electron chi connectivity index (χ2n) is 3.47. The van der Waals surface area contributed by atoms with Gasteiger partial charge in [-0.25, -0.2) is 0 Å². The highest BCUT2D eigenvalue weighted by Gasteiger charge is 2.13. The smallest absolute Gasteiger partial charge is 0.172 e. The van der Waals surface area contributed by atoms with Gasteiger partial charge in [-0.15, -0.1) is 0 Å². The minimum atomic E-state index is 0.374. The molecule has 0 aliphatic carbocycles. The first-order valence-corrected chi connectivity index (χ1v) is 5.14. The lowest BCUT2D eigenvalue weighted by atomic mass is 10.0. The summed E-state index contributed by atoms with van der Waals surface area (Å²) in [5, 5.41) is 3.67. The average Bonchev–Trinajstić information content (AvgIpc) is 2.74. The molecule has 4 nitrogen and oxygen atoms in total. The van der Waals surface area contributed by atoms with Crippen molar-refractivity contribution in [3.05, 3.63) is 29.8 Å². The van der Waals surface area contributed by atoms with Gasteiger partial charge in [0.05, 0.1) is 12.7 Å². The van der Waals surface area contributed by atoms with Gasteiger partial charge in [0.15, 0.2) is 11.6 Å². The summed E-state index contributed by atoms with van der Waals surface area (Å²) in [6, 6.07) is 7.62. The molecule has 0 aliphatic heterocycles. The SMILES string of the molecule is CCc1cccc(-c2cc(N)no2)c1OC. The van der Waals surface area contributed by atoms with E-state index in [1.54, 1.807) is 13.2 Å². The minimum absolute atomic E-state index is 0.374. The number of methoxy groups -OCH3 is 1. The summed E-state index contributed by atoms with van der Waals surface area (Å²) in [6.07, 6.45) is 0.903. The summed E-state index contributed by atoms with van der Waals surface area (Å²) in [7, 11) is 1.65. The zero-order chi connectivity index (χ0) is 11.5. The maximum absolute atomic E-state index is 5.53. The molecule has 2 N–H and O–H groups in total. The van der Waals surface area contributed by atoms with E-state index in [1.807, 2.05) is 18.2 Å². The summed E-state index contributed by atoms with van der Waals surface area (Å²) in [5.74, 6) is 1.82. The van der Waals surface area contributed by atoms with Gasteiger partial charge in [-0.3, -0.25) is 0 Å². The zero-order valence-corrected chi connectivity index (χ0v) is 9.36. The predicted molar refractivity (Wildman–Crippen MR) is 62.3 cm³/mol. The van der Waals surface area contributed by atoms with Gasteiger partial charge in [-0.05, 0) is 18.1 Å². The molecule has 0 spiro atoms. The number of ether oxygens (including phenoxy) is 1. The molecule has 0 saturated heterocycles. The van der Waals surface area contributed by atoms with Crippen LogP contribution in [0, 0.1) is 0 Å². The molecule has 0 atom stereocenters. The van der Waals surface area contributed by atoms with E-state index in [2.05, 4.69) is 12.1 Å². The summed E-state index contributed by atoms with van der Waals surface area (Å²) in [4.78, 5) is 0. The van der Waals surface area contributed by atoms with Crippen molar-refractivity contribution in [3.63, 3.8) is 0 Å². The molecular weight excluding hydrogens is 204 g/mol. The standard InChI is InChI=1S/C12H14N2O2/c1-3-8-5-4-6-9(12(8)15-2)10-7-11(13)14-16-10/h4-7H,3H2,1-2H3,(H2,13,14). The summed E-state index contributed by atoms with van der Waals surface area (Å²) in [6.45, 7) is 2.08. The number of aromatic nitrogens is 1. The maximum Gasteiger partial charge on any atom is 0.172 e. The number of nitrogen functional groups attached to an aromatic ring is 1. The molecule has 0 unspecified atom stereocenters. The number of hydrogen-bond acceptors (Lipinski definition) is 4. The fourth-order valence-electron chi connectivity index (χ4n) is 1.71. The largest absolute Gasteiger partial charge is 0.496 e. The number of nitrogens with two attached hydrogens (primary N) is 1. The predicted octanol–water partition coefficient (Wildman–Crippen LogP) is 2.49. The highest BCUT2D eigenvalue weighted by molar-refractivity contribution is 5.69. The summed E-state index contributed by atoms with van der Waals surface area (Å²) >= 11 is 0. The van der Waals surface area contributed by atoms with E-state index in [9.17, 15) is 0 Å². The van der Waals surface area contributed by atoms with Crippen LogP contribution in [-0.4, -0.2) is 12.3 Å². The molecular formula is C12H14N2O2. The molecule has 0 fully saturated rings. The van der Waals surface area contributed by atoms with Crippen LogP contribution in [0.3, 0.4) is 0 Å². The van der Waals surface area contributed by atoms with Crippen LogP contribution < -0.4 is 10.5 Å². The number of aryl methyl sites for hydroxylation is 1. The van der Waals surface area contributed by atoms with E-state index < -0.39 is 0 Å². The summed E-state index contributed by atoms with van der Waals surface area (Å²) < 4.78 is 10.5. The Kier molecular flexibility index (Phi) is 2.81. The van der Waals surface area contributed by atoms with Crippen LogP contribution in [0.4, 0.5) is 5.82 Å². The van der Waals surface area contributed by atoms with Crippen molar-refractivity contribution in [2.75, 3.05) is 12.8 Å². The van der Waals surface area contributed by atoms with E-state index >= 15 is 0 Å². The molecule has 0 bridgehead atoms. The maximum atomic E-state index is 5.53. The van der Waals surface area contributed by atoms with Crippen LogP contribution in [0.25, 0.3) is 11.3 Å². The van der Waals surface area contributed by atoms with E-state index in [-0.39, 0.29) is 0 Å². The van der Waals surface area contributed by atoms with Gasteiger partial charge in [0, 0.05) is 6.07 Å². The lowest BCUT2D eigenvalue weighted by Crippen LogP contribution is -1.93. The van der Waals surface area contributed by atoms with Crippen LogP contribution in [0.5, 0.6) is 5.75 Å². The van der Waals surface area contributed by atoms with Crippen LogP contribution in [0.15, 0.2) is 28.8 Å². The molecule has 1 aromatic heterocycles. The highest BCUT2D eigenvalue weighted by atomic mass is 16.5. The van der Waals surface area contributed by atoms with Crippen molar-refractivity contribution in [2.45, 2.75) is 13.3 Å². The monoisotopic (exact) mass is 218 g/mol. The number of para-hydroxylation sites is 1. The Bertz CT molecular complexity index is 492. The van der Waals surface area contributed by atoms with Crippen molar-refractivity contribution in [1.82, 2.24) is 5.16 Å². The Labute approximate surface area is 94.0 Å². The Morgan fingerprint density at radius 1 is 1.44 bits per heavy atom. The molecule has 0 radical (unpaired) electrons. The number of nitrogens with zero attached hydrogens (tertiary/aromatic N) is 1. The van der Waals surface area contributed by atoms with Gasteiger partial charge in [-0.1, -0.05) is 24.2 Å². The van der Waals surface area contributed by atoms with Gasteiger partial charge in [0.25, 0.3) is 0 Å². The zero-order valence-electron chi connectivity index (χ0n) is 9.36. The Morgan fingerprint density at radius 3 is 2.81 bits per heavy atom. The van der Waals surface area contributed by atoms with E-state index in [0.717, 1.165) is 23.3 Å². The number of anilines is 1. The molecule has 0 amide bonds. The normalized spacial score (nSPS) is 10.4. The lowest BCUT2D eigenvalue weighted by Gasteiger charge is -2.09. The van der Waals surface area contributed by atoms with Crippen molar-refractivity contribution >= 4 is 5.82 Å². The fourth-order valence-corrected chi connectivity index (χ4v) is 1.71. The number of rotatable bonds is 3. The quantitative estimate of drug-likeness (QED) is 0.859. The third-order valence-corrected chi connectivity index (χ3v) is 2.48. The second-order valence-corrected chi connectivity index (χ2v) is 3.47. The molecule has 1 aromatic carbocycles. The molecule has 1 heterocycles. The first-order chi connectivity index (χ1) is 7.76. The Balaban J connectivity index is 2.56. The number of benzene rings is 1. The first kappa shape index (κ1) is 10.5. The fraction of sp³-hybridized carbons (Fsp3) is 0.250. The van der Waals surface area contributed by atoms with E-state index in [4.69, 9.17) is 15.0 Å². The van der Waals surface area contributed by atoms with E-state index in [1.165, 1.54) is 0 Å². The second kappa shape index (κ2) is 4.26. The van der Waals surface area contributed by atoms with Crippen molar-refractivity contribution in [3.8, 4) is 17.1 Å². The first-order valence-electron chi connectivity index (χ1n) is 5.14. The van der Waals surface area contributed by atoms with Gasteiger partial charge in [0.1, 0.15) is 5.75 Å². The molecule has 16 heavy (non-hydrogen) atoms. The highest BCUT2D eigenvalue weighted by Crippen LogP contribution is 2.33. The third-order valence-electron chi connectivity index (χ3n) is 2.48. The van der Waals surface area contributed by atoms with Crippen LogP contribution in [0.2, 0.25) is 0 Å². The molecule has 0 aliphatic rings. The number of hydrogen-bond donors (Lipinski definition) is 1. The van der Waals surface area contributed by atoms with E-state index in [0.29, 0.717) is 11.6 Å². The van der Waals surface area contributed by atoms with Crippen molar-refractivity contribution in [2.24, 2.45) is 0 Å². The molecule has 84 valence electrons. The Hall–Kier alpha value is -1.97. The Morgan fingerprint density at radius 2 is 2.25 bits per heavy atom. The average molecular weight is 218 g/mol.